The van der Waals surface area contributed by atoms with E-state index < -0.39 is 5.97 Å². The lowest BCUT2D eigenvalue weighted by atomic mass is 10.2. The topological polar surface area (TPSA) is 55.8 Å². The van der Waals surface area contributed by atoms with Gasteiger partial charge in [0.1, 0.15) is 17.1 Å². The highest BCUT2D eigenvalue weighted by Crippen LogP contribution is 2.33. The lowest BCUT2D eigenvalue weighted by molar-refractivity contribution is 0.0694. The summed E-state index contributed by atoms with van der Waals surface area (Å²) >= 11 is 5.99. The molecule has 2 aromatic rings. The third-order valence-electron chi connectivity index (χ3n) is 2.55. The lowest BCUT2D eigenvalue weighted by Crippen LogP contribution is -2.00. The summed E-state index contributed by atoms with van der Waals surface area (Å²) in [7, 11) is 0. The maximum atomic E-state index is 11.1. The van der Waals surface area contributed by atoms with Crippen LogP contribution in [-0.4, -0.2) is 17.7 Å². The summed E-state index contributed by atoms with van der Waals surface area (Å²) < 4.78 is 10.9. The molecular weight excluding hydrogens is 280 g/mol. The first-order chi connectivity index (χ1) is 9.61. The van der Waals surface area contributed by atoms with E-state index in [2.05, 4.69) is 0 Å². The van der Waals surface area contributed by atoms with Gasteiger partial charge in [-0.2, -0.15) is 0 Å². The molecule has 0 atom stereocenters. The van der Waals surface area contributed by atoms with Crippen LogP contribution in [0.25, 0.3) is 0 Å². The number of halogens is 1. The van der Waals surface area contributed by atoms with E-state index in [1.165, 1.54) is 6.07 Å². The zero-order valence-corrected chi connectivity index (χ0v) is 11.6. The average molecular weight is 293 g/mol. The van der Waals surface area contributed by atoms with Gasteiger partial charge in [-0.3, -0.25) is 0 Å². The first-order valence-electron chi connectivity index (χ1n) is 6.04. The minimum absolute atomic E-state index is 0.0198. The van der Waals surface area contributed by atoms with Crippen LogP contribution in [0.15, 0.2) is 42.5 Å². The molecule has 1 N–H and O–H groups in total. The van der Waals surface area contributed by atoms with E-state index in [1.807, 2.05) is 6.92 Å². The molecule has 0 aliphatic heterocycles. The third-order valence-corrected chi connectivity index (χ3v) is 2.85. The molecule has 4 nitrogen and oxygen atoms in total. The second kappa shape index (κ2) is 6.30. The van der Waals surface area contributed by atoms with Crippen LogP contribution in [0.5, 0.6) is 17.2 Å². The molecule has 0 unspecified atom stereocenters. The summed E-state index contributed by atoms with van der Waals surface area (Å²) in [5, 5.41) is 9.37. The molecule has 0 radical (unpaired) electrons. The van der Waals surface area contributed by atoms with Crippen LogP contribution in [-0.2, 0) is 0 Å². The van der Waals surface area contributed by atoms with E-state index in [4.69, 9.17) is 26.2 Å². The zero-order chi connectivity index (χ0) is 14.5. The third kappa shape index (κ3) is 3.22. The summed E-state index contributed by atoms with van der Waals surface area (Å²) in [6.07, 6.45) is 0. The number of ether oxygens (including phenoxy) is 2. The minimum atomic E-state index is -1.09. The van der Waals surface area contributed by atoms with Gasteiger partial charge in [-0.05, 0) is 43.3 Å². The monoisotopic (exact) mass is 292 g/mol. The van der Waals surface area contributed by atoms with Crippen molar-refractivity contribution in [2.75, 3.05) is 6.61 Å². The van der Waals surface area contributed by atoms with E-state index in [1.54, 1.807) is 36.4 Å². The maximum absolute atomic E-state index is 11.1. The highest BCUT2D eigenvalue weighted by Gasteiger charge is 2.15. The SMILES string of the molecule is CCOc1ccc(Oc2c(Cl)cccc2C(=O)O)cc1. The van der Waals surface area contributed by atoms with Crippen LogP contribution in [0.4, 0.5) is 0 Å². The highest BCUT2D eigenvalue weighted by molar-refractivity contribution is 6.32. The molecular formula is C15H13ClO4. The molecule has 104 valence electrons. The molecule has 2 rings (SSSR count). The summed E-state index contributed by atoms with van der Waals surface area (Å²) in [5.41, 5.74) is 0.0198. The minimum Gasteiger partial charge on any atom is -0.494 e. The molecule has 0 aliphatic rings. The van der Waals surface area contributed by atoms with E-state index in [0.717, 1.165) is 5.75 Å². The Hall–Kier alpha value is -2.20. The summed E-state index contributed by atoms with van der Waals surface area (Å²) in [4.78, 5) is 11.1. The number of rotatable bonds is 5. The number of aromatic carboxylic acids is 1. The Morgan fingerprint density at radius 2 is 1.80 bits per heavy atom. The Bertz CT molecular complexity index is 608. The number of benzene rings is 2. The fourth-order valence-corrected chi connectivity index (χ4v) is 1.88. The van der Waals surface area contributed by atoms with Gasteiger partial charge < -0.3 is 14.6 Å². The lowest BCUT2D eigenvalue weighted by Gasteiger charge is -2.11. The number of hydrogen-bond donors (Lipinski definition) is 1. The van der Waals surface area contributed by atoms with E-state index >= 15 is 0 Å². The van der Waals surface area contributed by atoms with Gasteiger partial charge >= 0.3 is 5.97 Å². The quantitative estimate of drug-likeness (QED) is 0.896. The smallest absolute Gasteiger partial charge is 0.339 e. The van der Waals surface area contributed by atoms with E-state index in [-0.39, 0.29) is 16.3 Å². The molecule has 0 spiro atoms. The van der Waals surface area contributed by atoms with Gasteiger partial charge in [0.25, 0.3) is 0 Å². The van der Waals surface area contributed by atoms with Crippen LogP contribution in [0.3, 0.4) is 0 Å². The Morgan fingerprint density at radius 3 is 2.40 bits per heavy atom. The van der Waals surface area contributed by atoms with Crippen LogP contribution in [0.2, 0.25) is 5.02 Å². The normalized spacial score (nSPS) is 10.1. The van der Waals surface area contributed by atoms with Crippen LogP contribution in [0.1, 0.15) is 17.3 Å². The van der Waals surface area contributed by atoms with Crippen molar-refractivity contribution in [2.45, 2.75) is 6.92 Å². The number of carboxylic acids is 1. The van der Waals surface area contributed by atoms with Crippen molar-refractivity contribution >= 4 is 17.6 Å². The molecule has 0 saturated carbocycles. The molecule has 0 saturated heterocycles. The second-order valence-corrected chi connectivity index (χ2v) is 4.34. The van der Waals surface area contributed by atoms with Crippen LogP contribution >= 0.6 is 11.6 Å². The van der Waals surface area contributed by atoms with Gasteiger partial charge in [0.2, 0.25) is 0 Å². The van der Waals surface area contributed by atoms with Gasteiger partial charge in [-0.25, -0.2) is 4.79 Å². The van der Waals surface area contributed by atoms with Crippen molar-refractivity contribution in [3.05, 3.63) is 53.1 Å². The van der Waals surface area contributed by atoms with Gasteiger partial charge in [-0.15, -0.1) is 0 Å². The first-order valence-corrected chi connectivity index (χ1v) is 6.42. The fourth-order valence-electron chi connectivity index (χ4n) is 1.67. The fraction of sp³-hybridized carbons (Fsp3) is 0.133. The van der Waals surface area contributed by atoms with Crippen molar-refractivity contribution < 1.29 is 19.4 Å². The Kier molecular flexibility index (Phi) is 4.48. The number of hydrogen-bond acceptors (Lipinski definition) is 3. The highest BCUT2D eigenvalue weighted by atomic mass is 35.5. The molecule has 0 fully saturated rings. The molecule has 5 heteroatoms. The molecule has 20 heavy (non-hydrogen) atoms. The molecule has 0 bridgehead atoms. The molecule has 0 heterocycles. The van der Waals surface area contributed by atoms with Gasteiger partial charge in [0, 0.05) is 0 Å². The largest absolute Gasteiger partial charge is 0.494 e. The zero-order valence-electron chi connectivity index (χ0n) is 10.8. The van der Waals surface area contributed by atoms with Gasteiger partial charge in [-0.1, -0.05) is 17.7 Å². The number of para-hydroxylation sites is 1. The Morgan fingerprint density at radius 1 is 1.15 bits per heavy atom. The summed E-state index contributed by atoms with van der Waals surface area (Å²) in [6, 6.07) is 11.5. The number of carboxylic acid groups (broad SMARTS) is 1. The first kappa shape index (κ1) is 14.2. The predicted octanol–water partition coefficient (Wildman–Crippen LogP) is 4.23. The summed E-state index contributed by atoms with van der Waals surface area (Å²) in [5.74, 6) is 0.251. The predicted molar refractivity (Wildman–Crippen MR) is 76.1 cm³/mol. The maximum Gasteiger partial charge on any atom is 0.339 e. The molecule has 0 amide bonds. The van der Waals surface area contributed by atoms with Gasteiger partial charge in [0.05, 0.1) is 11.6 Å². The van der Waals surface area contributed by atoms with E-state index in [9.17, 15) is 4.79 Å². The average Bonchev–Trinajstić information content (AvgIpc) is 2.43. The molecule has 0 aliphatic carbocycles. The van der Waals surface area contributed by atoms with Crippen molar-refractivity contribution in [3.63, 3.8) is 0 Å². The van der Waals surface area contributed by atoms with Crippen molar-refractivity contribution in [1.82, 2.24) is 0 Å². The van der Waals surface area contributed by atoms with Gasteiger partial charge in [0.15, 0.2) is 5.75 Å². The molecule has 0 aromatic heterocycles. The standard InChI is InChI=1S/C15H13ClO4/c1-2-19-10-6-8-11(9-7-10)20-14-12(15(17)18)4-3-5-13(14)16/h3-9H,2H2,1H3,(H,17,18). The second-order valence-electron chi connectivity index (χ2n) is 3.93. The van der Waals surface area contributed by atoms with Crippen molar-refractivity contribution in [3.8, 4) is 17.2 Å². The molecule has 2 aromatic carbocycles. The summed E-state index contributed by atoms with van der Waals surface area (Å²) in [6.45, 7) is 2.47. The van der Waals surface area contributed by atoms with E-state index in [0.29, 0.717) is 12.4 Å². The van der Waals surface area contributed by atoms with Crippen molar-refractivity contribution in [1.29, 1.82) is 0 Å². The van der Waals surface area contributed by atoms with Crippen LogP contribution < -0.4 is 9.47 Å². The Labute approximate surface area is 121 Å². The number of carbonyl (C=O) groups is 1. The Balaban J connectivity index is 2.27. The van der Waals surface area contributed by atoms with Crippen LogP contribution in [0, 0.1) is 0 Å². The van der Waals surface area contributed by atoms with Crippen molar-refractivity contribution in [2.24, 2.45) is 0 Å².